The summed E-state index contributed by atoms with van der Waals surface area (Å²) in [5.74, 6) is 0.212. The molecule has 170 valence electrons. The van der Waals surface area contributed by atoms with Gasteiger partial charge >= 0.3 is 0 Å². The molecule has 1 N–H and O–H groups in total. The van der Waals surface area contributed by atoms with E-state index < -0.39 is 5.92 Å². The van der Waals surface area contributed by atoms with E-state index in [0.717, 1.165) is 0 Å². The van der Waals surface area contributed by atoms with Gasteiger partial charge in [0.1, 0.15) is 5.82 Å². The number of amides is 2. The Balaban J connectivity index is 1.41. The maximum Gasteiger partial charge on any atom is 0.230 e. The third kappa shape index (κ3) is 4.93. The lowest BCUT2D eigenvalue weighted by molar-refractivity contribution is -0.126. The van der Waals surface area contributed by atoms with Crippen molar-refractivity contribution in [2.24, 2.45) is 5.92 Å². The van der Waals surface area contributed by atoms with E-state index in [9.17, 15) is 14.0 Å². The highest BCUT2D eigenvalue weighted by molar-refractivity contribution is 6.00. The Hall–Kier alpha value is -3.34. The molecule has 0 spiro atoms. The van der Waals surface area contributed by atoms with Gasteiger partial charge in [0.05, 0.1) is 25.7 Å². The number of nitrogens with zero attached hydrogens (tertiary/aromatic N) is 6. The Labute approximate surface area is 185 Å². The topological polar surface area (TPSA) is 104 Å². The molecule has 2 fully saturated rings. The molecule has 4 rings (SSSR count). The van der Waals surface area contributed by atoms with Gasteiger partial charge < -0.3 is 24.8 Å². The number of nitrogens with one attached hydrogen (secondary N) is 1. The van der Waals surface area contributed by atoms with Crippen molar-refractivity contribution >= 4 is 29.4 Å². The SMILES string of the molecule is CN(C)c1nc(CNC(=O)[C@@H]2CC(=O)N(c3ccc(F)cc3)C2)nc(N2CCOCC2)n1. The molecule has 1 aromatic carbocycles. The normalized spacial score (nSPS) is 18.7. The number of morpholine rings is 1. The van der Waals surface area contributed by atoms with Crippen molar-refractivity contribution in [3.63, 3.8) is 0 Å². The first-order valence-corrected chi connectivity index (χ1v) is 10.5. The second-order valence-electron chi connectivity index (χ2n) is 7.95. The van der Waals surface area contributed by atoms with Crippen molar-refractivity contribution in [2.45, 2.75) is 13.0 Å². The zero-order chi connectivity index (χ0) is 22.7. The van der Waals surface area contributed by atoms with Crippen LogP contribution in [0.4, 0.5) is 22.0 Å². The Morgan fingerprint density at radius 1 is 1.19 bits per heavy atom. The number of rotatable bonds is 6. The zero-order valence-electron chi connectivity index (χ0n) is 18.1. The molecule has 0 aliphatic carbocycles. The van der Waals surface area contributed by atoms with Crippen LogP contribution in [0, 0.1) is 11.7 Å². The fraction of sp³-hybridized carbons (Fsp3) is 0.476. The van der Waals surface area contributed by atoms with Crippen LogP contribution in [0.1, 0.15) is 12.2 Å². The summed E-state index contributed by atoms with van der Waals surface area (Å²) in [6.07, 6.45) is 0.0996. The number of anilines is 3. The summed E-state index contributed by atoms with van der Waals surface area (Å²) in [6.45, 7) is 2.96. The first kappa shape index (κ1) is 21.9. The van der Waals surface area contributed by atoms with E-state index in [1.54, 1.807) is 4.90 Å². The van der Waals surface area contributed by atoms with Gasteiger partial charge in [-0.1, -0.05) is 0 Å². The molecule has 0 radical (unpaired) electrons. The summed E-state index contributed by atoms with van der Waals surface area (Å²) in [6, 6.07) is 5.67. The van der Waals surface area contributed by atoms with Crippen LogP contribution in [0.2, 0.25) is 0 Å². The van der Waals surface area contributed by atoms with Crippen LogP contribution in [-0.4, -0.2) is 73.7 Å². The number of carbonyl (C=O) groups excluding carboxylic acids is 2. The van der Waals surface area contributed by atoms with E-state index in [-0.39, 0.29) is 37.1 Å². The molecule has 0 unspecified atom stereocenters. The molecule has 1 atom stereocenters. The lowest BCUT2D eigenvalue weighted by atomic mass is 10.1. The molecule has 0 bridgehead atoms. The van der Waals surface area contributed by atoms with Gasteiger partial charge in [0.2, 0.25) is 23.7 Å². The second kappa shape index (κ2) is 9.43. The first-order chi connectivity index (χ1) is 15.4. The van der Waals surface area contributed by atoms with Crippen molar-refractivity contribution in [2.75, 3.05) is 61.6 Å². The maximum atomic E-state index is 13.2. The third-order valence-electron chi connectivity index (χ3n) is 5.41. The van der Waals surface area contributed by atoms with Gasteiger partial charge in [0, 0.05) is 45.8 Å². The fourth-order valence-electron chi connectivity index (χ4n) is 3.64. The van der Waals surface area contributed by atoms with Gasteiger partial charge in [-0.15, -0.1) is 0 Å². The fourth-order valence-corrected chi connectivity index (χ4v) is 3.64. The van der Waals surface area contributed by atoms with Gasteiger partial charge in [0.15, 0.2) is 5.82 Å². The maximum absolute atomic E-state index is 13.2. The molecule has 2 aromatic rings. The molecule has 0 saturated carbocycles. The first-order valence-electron chi connectivity index (χ1n) is 10.5. The number of carbonyl (C=O) groups is 2. The number of halogens is 1. The van der Waals surface area contributed by atoms with E-state index in [0.29, 0.717) is 49.7 Å². The summed E-state index contributed by atoms with van der Waals surface area (Å²) >= 11 is 0. The molecule has 2 amide bonds. The molecule has 32 heavy (non-hydrogen) atoms. The van der Waals surface area contributed by atoms with Crippen LogP contribution in [0.5, 0.6) is 0 Å². The molecule has 2 saturated heterocycles. The standard InChI is InChI=1S/C21H26FN7O3/c1-27(2)20-24-17(25-21(26-20)28-7-9-32-10-8-28)12-23-19(31)14-11-18(30)29(13-14)16-5-3-15(22)4-6-16/h3-6,14H,7-13H2,1-2H3,(H,23,31)/t14-/m1/s1. The Morgan fingerprint density at radius 3 is 2.59 bits per heavy atom. The second-order valence-corrected chi connectivity index (χ2v) is 7.95. The minimum Gasteiger partial charge on any atom is -0.378 e. The van der Waals surface area contributed by atoms with Crippen molar-refractivity contribution in [1.29, 1.82) is 0 Å². The molecule has 11 heteroatoms. The number of benzene rings is 1. The largest absolute Gasteiger partial charge is 0.378 e. The van der Waals surface area contributed by atoms with Crippen LogP contribution >= 0.6 is 0 Å². The van der Waals surface area contributed by atoms with E-state index in [1.807, 2.05) is 19.0 Å². The summed E-state index contributed by atoms with van der Waals surface area (Å²) in [4.78, 5) is 43.9. The third-order valence-corrected chi connectivity index (χ3v) is 5.41. The molecule has 3 heterocycles. The van der Waals surface area contributed by atoms with Crippen LogP contribution < -0.4 is 20.0 Å². The molecule has 1 aromatic heterocycles. The molecule has 2 aliphatic heterocycles. The van der Waals surface area contributed by atoms with Gasteiger partial charge in [-0.3, -0.25) is 9.59 Å². The highest BCUT2D eigenvalue weighted by atomic mass is 19.1. The molecule has 2 aliphatic rings. The molecular formula is C21H26FN7O3. The number of aromatic nitrogens is 3. The van der Waals surface area contributed by atoms with Crippen LogP contribution in [-0.2, 0) is 20.9 Å². The summed E-state index contributed by atoms with van der Waals surface area (Å²) in [5, 5.41) is 2.85. The zero-order valence-corrected chi connectivity index (χ0v) is 18.1. The van der Waals surface area contributed by atoms with E-state index in [4.69, 9.17) is 4.74 Å². The highest BCUT2D eigenvalue weighted by Crippen LogP contribution is 2.25. The van der Waals surface area contributed by atoms with Crippen molar-refractivity contribution < 1.29 is 18.7 Å². The number of hydrogen-bond acceptors (Lipinski definition) is 8. The van der Waals surface area contributed by atoms with Gasteiger partial charge in [0.25, 0.3) is 0 Å². The summed E-state index contributed by atoms with van der Waals surface area (Å²) in [7, 11) is 3.68. The van der Waals surface area contributed by atoms with E-state index in [2.05, 4.69) is 20.3 Å². The van der Waals surface area contributed by atoms with Crippen LogP contribution in [0.25, 0.3) is 0 Å². The van der Waals surface area contributed by atoms with E-state index >= 15 is 0 Å². The average molecular weight is 443 g/mol. The Bertz CT molecular complexity index is 980. The van der Waals surface area contributed by atoms with Gasteiger partial charge in [-0.05, 0) is 24.3 Å². The van der Waals surface area contributed by atoms with Gasteiger partial charge in [-0.2, -0.15) is 15.0 Å². The lowest BCUT2D eigenvalue weighted by Crippen LogP contribution is -2.38. The number of hydrogen-bond donors (Lipinski definition) is 1. The van der Waals surface area contributed by atoms with Crippen LogP contribution in [0.3, 0.4) is 0 Å². The lowest BCUT2D eigenvalue weighted by Gasteiger charge is -2.27. The summed E-state index contributed by atoms with van der Waals surface area (Å²) in [5.41, 5.74) is 0.579. The Morgan fingerprint density at radius 2 is 1.91 bits per heavy atom. The molecule has 10 nitrogen and oxygen atoms in total. The minimum absolute atomic E-state index is 0.0996. The van der Waals surface area contributed by atoms with E-state index in [1.165, 1.54) is 29.2 Å². The number of ether oxygens (including phenoxy) is 1. The quantitative estimate of drug-likeness (QED) is 0.692. The minimum atomic E-state index is -0.499. The Kier molecular flexibility index (Phi) is 6.45. The monoisotopic (exact) mass is 443 g/mol. The average Bonchev–Trinajstić information content (AvgIpc) is 3.20. The predicted molar refractivity (Wildman–Crippen MR) is 116 cm³/mol. The van der Waals surface area contributed by atoms with Crippen LogP contribution in [0.15, 0.2) is 24.3 Å². The van der Waals surface area contributed by atoms with Crippen molar-refractivity contribution in [3.05, 3.63) is 35.9 Å². The molecular weight excluding hydrogens is 417 g/mol. The highest BCUT2D eigenvalue weighted by Gasteiger charge is 2.35. The predicted octanol–water partition coefficient (Wildman–Crippen LogP) is 0.583. The summed E-state index contributed by atoms with van der Waals surface area (Å²) < 4.78 is 18.6. The smallest absolute Gasteiger partial charge is 0.230 e. The van der Waals surface area contributed by atoms with Crippen molar-refractivity contribution in [3.8, 4) is 0 Å². The van der Waals surface area contributed by atoms with Gasteiger partial charge in [-0.25, -0.2) is 4.39 Å². The van der Waals surface area contributed by atoms with Crippen molar-refractivity contribution in [1.82, 2.24) is 20.3 Å².